The maximum absolute atomic E-state index is 12.8. The maximum Gasteiger partial charge on any atom is 0.254 e. The first-order valence-electron chi connectivity index (χ1n) is 8.29. The molecule has 1 aromatic carbocycles. The number of aromatic hydroxyl groups is 2. The average Bonchev–Trinajstić information content (AvgIpc) is 3.36. The zero-order valence-corrected chi connectivity index (χ0v) is 14.6. The number of hydrazone groups is 1. The number of rotatable bonds is 2. The van der Waals surface area contributed by atoms with E-state index in [9.17, 15) is 19.8 Å². The molecule has 1 aromatic rings. The molecule has 2 bridgehead atoms. The highest BCUT2D eigenvalue weighted by Gasteiger charge is 2.67. The quantitative estimate of drug-likeness (QED) is 0.450. The van der Waals surface area contributed by atoms with Crippen LogP contribution in [0.4, 0.5) is 0 Å². The zero-order chi connectivity index (χ0) is 17.5. The summed E-state index contributed by atoms with van der Waals surface area (Å²) in [5, 5.41) is 24.5. The van der Waals surface area contributed by atoms with Gasteiger partial charge in [-0.2, -0.15) is 10.1 Å². The standard InChI is InChI=1S/C18H15BrN2O4/c19-12-3-7(13(22)5-14(12)23)6-20-21-17(24)15-8-1-2-9(11-4-10(8)11)16(15)18(21)25/h1-3,5-6,8-11,15-16,22-23H,4H2/b20-6+/t8-,9+,10+,11-,15+,16-. The van der Waals surface area contributed by atoms with Gasteiger partial charge in [0.1, 0.15) is 11.5 Å². The first-order chi connectivity index (χ1) is 12.0. The van der Waals surface area contributed by atoms with Crippen LogP contribution in [-0.2, 0) is 9.59 Å². The van der Waals surface area contributed by atoms with Gasteiger partial charge in [-0.25, -0.2) is 0 Å². The van der Waals surface area contributed by atoms with Gasteiger partial charge in [-0.15, -0.1) is 0 Å². The first kappa shape index (κ1) is 15.1. The summed E-state index contributed by atoms with van der Waals surface area (Å²) >= 11 is 3.16. The van der Waals surface area contributed by atoms with Crippen molar-refractivity contribution in [2.45, 2.75) is 6.42 Å². The minimum Gasteiger partial charge on any atom is -0.507 e. The summed E-state index contributed by atoms with van der Waals surface area (Å²) in [6, 6.07) is 2.66. The topological polar surface area (TPSA) is 90.2 Å². The van der Waals surface area contributed by atoms with Crippen molar-refractivity contribution in [3.8, 4) is 11.5 Å². The van der Waals surface area contributed by atoms with Crippen molar-refractivity contribution >= 4 is 34.0 Å². The fourth-order valence-corrected chi connectivity index (χ4v) is 5.21. The van der Waals surface area contributed by atoms with Crippen molar-refractivity contribution in [3.63, 3.8) is 0 Å². The zero-order valence-electron chi connectivity index (χ0n) is 13.0. The van der Waals surface area contributed by atoms with Crippen LogP contribution in [0.3, 0.4) is 0 Å². The lowest BCUT2D eigenvalue weighted by molar-refractivity contribution is -0.140. The first-order valence-corrected chi connectivity index (χ1v) is 9.08. The second-order valence-electron chi connectivity index (χ2n) is 7.25. The van der Waals surface area contributed by atoms with Crippen LogP contribution in [0.5, 0.6) is 11.5 Å². The highest BCUT2D eigenvalue weighted by Crippen LogP contribution is 2.65. The normalized spacial score (nSPS) is 37.7. The molecule has 3 fully saturated rings. The highest BCUT2D eigenvalue weighted by atomic mass is 79.9. The van der Waals surface area contributed by atoms with Crippen LogP contribution in [-0.4, -0.2) is 33.3 Å². The SMILES string of the molecule is O=C1[C@@H]2[C@H]3C=C[C@H]([C@@H]4C[C@H]34)[C@@H]2C(=O)N1/N=C/c1cc(Br)c(O)cc1O. The largest absolute Gasteiger partial charge is 0.507 e. The van der Waals surface area contributed by atoms with Gasteiger partial charge in [-0.3, -0.25) is 9.59 Å². The van der Waals surface area contributed by atoms with E-state index in [0.717, 1.165) is 11.4 Å². The number of carbonyl (C=O) groups excluding carboxylic acids is 2. The number of carbonyl (C=O) groups is 2. The van der Waals surface area contributed by atoms with Crippen molar-refractivity contribution < 1.29 is 19.8 Å². The second-order valence-corrected chi connectivity index (χ2v) is 8.10. The van der Waals surface area contributed by atoms with Gasteiger partial charge in [-0.1, -0.05) is 12.2 Å². The van der Waals surface area contributed by atoms with Gasteiger partial charge in [0.25, 0.3) is 11.8 Å². The predicted molar refractivity (Wildman–Crippen MR) is 91.6 cm³/mol. The summed E-state index contributed by atoms with van der Waals surface area (Å²) in [7, 11) is 0. The summed E-state index contributed by atoms with van der Waals surface area (Å²) < 4.78 is 0.391. The van der Waals surface area contributed by atoms with E-state index in [4.69, 9.17) is 0 Å². The summed E-state index contributed by atoms with van der Waals surface area (Å²) in [5.41, 5.74) is 0.309. The molecule has 25 heavy (non-hydrogen) atoms. The Kier molecular flexibility index (Phi) is 2.99. The number of nitrogens with zero attached hydrogens (tertiary/aromatic N) is 2. The number of halogens is 1. The molecule has 7 heteroatoms. The third-order valence-corrected chi connectivity index (χ3v) is 6.68. The smallest absolute Gasteiger partial charge is 0.254 e. The second kappa shape index (κ2) is 4.94. The minimum absolute atomic E-state index is 0.101. The van der Waals surface area contributed by atoms with Gasteiger partial charge in [-0.05, 0) is 52.1 Å². The number of amides is 2. The summed E-state index contributed by atoms with van der Waals surface area (Å²) in [4.78, 5) is 25.6. The molecule has 0 spiro atoms. The third-order valence-electron chi connectivity index (χ3n) is 6.05. The number of imide groups is 1. The Morgan fingerprint density at radius 1 is 1.04 bits per heavy atom. The van der Waals surface area contributed by atoms with Crippen LogP contribution < -0.4 is 0 Å². The molecule has 4 aliphatic carbocycles. The molecule has 1 heterocycles. The lowest BCUT2D eigenvalue weighted by Crippen LogP contribution is -2.40. The number of benzene rings is 1. The van der Waals surface area contributed by atoms with Crippen molar-refractivity contribution in [3.05, 3.63) is 34.3 Å². The number of phenolic OH excluding ortho intramolecular Hbond substituents is 2. The average molecular weight is 403 g/mol. The van der Waals surface area contributed by atoms with Crippen LogP contribution in [0.1, 0.15) is 12.0 Å². The number of phenols is 2. The van der Waals surface area contributed by atoms with Crippen molar-refractivity contribution in [2.24, 2.45) is 40.6 Å². The van der Waals surface area contributed by atoms with Crippen LogP contribution in [0.25, 0.3) is 0 Å². The third kappa shape index (κ3) is 1.99. The molecule has 128 valence electrons. The van der Waals surface area contributed by atoms with E-state index >= 15 is 0 Å². The molecule has 0 unspecified atom stereocenters. The van der Waals surface area contributed by atoms with Crippen LogP contribution in [0, 0.1) is 35.5 Å². The van der Waals surface area contributed by atoms with Crippen molar-refractivity contribution in [1.29, 1.82) is 0 Å². The molecule has 6 atom stereocenters. The van der Waals surface area contributed by atoms with Crippen LogP contribution in [0.15, 0.2) is 33.9 Å². The molecule has 2 saturated carbocycles. The molecule has 2 N–H and O–H groups in total. The van der Waals surface area contributed by atoms with E-state index in [1.54, 1.807) is 0 Å². The van der Waals surface area contributed by atoms with E-state index < -0.39 is 0 Å². The Labute approximate surface area is 152 Å². The Morgan fingerprint density at radius 3 is 2.24 bits per heavy atom. The molecule has 0 aromatic heterocycles. The van der Waals surface area contributed by atoms with Gasteiger partial charge in [0.05, 0.1) is 22.5 Å². The summed E-state index contributed by atoms with van der Waals surface area (Å²) in [5.74, 6) is 0.0808. The fourth-order valence-electron chi connectivity index (χ4n) is 4.84. The van der Waals surface area contributed by atoms with Gasteiger partial charge >= 0.3 is 0 Å². The van der Waals surface area contributed by atoms with Gasteiger partial charge < -0.3 is 10.2 Å². The van der Waals surface area contributed by atoms with Gasteiger partial charge in [0, 0.05) is 11.6 Å². The summed E-state index contributed by atoms with van der Waals surface area (Å²) in [6.07, 6.45) is 6.62. The van der Waals surface area contributed by atoms with E-state index in [0.29, 0.717) is 21.9 Å². The van der Waals surface area contributed by atoms with E-state index in [1.165, 1.54) is 18.3 Å². The molecule has 5 aliphatic rings. The van der Waals surface area contributed by atoms with Crippen LogP contribution >= 0.6 is 15.9 Å². The van der Waals surface area contributed by atoms with Gasteiger partial charge in [0.15, 0.2) is 0 Å². The molecule has 1 saturated heterocycles. The fraction of sp³-hybridized carbons (Fsp3) is 0.389. The van der Waals surface area contributed by atoms with Crippen molar-refractivity contribution in [1.82, 2.24) is 5.01 Å². The Morgan fingerprint density at radius 2 is 1.64 bits per heavy atom. The maximum atomic E-state index is 12.8. The number of hydrogen-bond donors (Lipinski definition) is 2. The van der Waals surface area contributed by atoms with Crippen molar-refractivity contribution in [2.75, 3.05) is 0 Å². The monoisotopic (exact) mass is 402 g/mol. The molecular weight excluding hydrogens is 388 g/mol. The van der Waals surface area contributed by atoms with Gasteiger partial charge in [0.2, 0.25) is 0 Å². The predicted octanol–water partition coefficient (Wildman–Crippen LogP) is 2.25. The lowest BCUT2D eigenvalue weighted by Gasteiger charge is -2.37. The molecule has 2 amide bonds. The van der Waals surface area contributed by atoms with E-state index in [-0.39, 0.29) is 47.0 Å². The lowest BCUT2D eigenvalue weighted by atomic mass is 9.63. The van der Waals surface area contributed by atoms with E-state index in [2.05, 4.69) is 33.2 Å². The van der Waals surface area contributed by atoms with E-state index in [1.807, 2.05) is 0 Å². The molecule has 0 radical (unpaired) electrons. The Bertz CT molecular complexity index is 844. The summed E-state index contributed by atoms with van der Waals surface area (Å²) in [6.45, 7) is 0. The Balaban J connectivity index is 1.46. The Hall–Kier alpha value is -2.15. The minimum atomic E-state index is -0.288. The molecule has 6 rings (SSSR count). The number of allylic oxidation sites excluding steroid dienone is 2. The molecule has 1 aliphatic heterocycles. The highest BCUT2D eigenvalue weighted by molar-refractivity contribution is 9.10. The number of hydrogen-bond acceptors (Lipinski definition) is 5. The molecule has 6 nitrogen and oxygen atoms in total. The van der Waals surface area contributed by atoms with Crippen LogP contribution in [0.2, 0.25) is 0 Å². The molecular formula is C18H15BrN2O4.